The van der Waals surface area contributed by atoms with Crippen LogP contribution in [0.2, 0.25) is 0 Å². The maximum Gasteiger partial charge on any atom is 0.337 e. The van der Waals surface area contributed by atoms with E-state index < -0.39 is 63.6 Å². The van der Waals surface area contributed by atoms with E-state index in [-0.39, 0.29) is 5.56 Å². The van der Waals surface area contributed by atoms with Crippen molar-refractivity contribution in [2.24, 2.45) is 0 Å². The zero-order chi connectivity index (χ0) is 21.2. The average Bonchev–Trinajstić information content (AvgIpc) is 2.65. The molecule has 0 aliphatic rings. The third kappa shape index (κ3) is 3.57. The third-order valence-electron chi connectivity index (χ3n) is 3.83. The second-order valence-corrected chi connectivity index (χ2v) is 5.49. The van der Waals surface area contributed by atoms with Crippen LogP contribution >= 0.6 is 0 Å². The van der Waals surface area contributed by atoms with Gasteiger partial charge in [0.1, 0.15) is 6.10 Å². The number of benzene rings is 2. The first-order valence-electron chi connectivity index (χ1n) is 7.49. The van der Waals surface area contributed by atoms with E-state index >= 15 is 0 Å². The molecule has 1 unspecified atom stereocenters. The van der Waals surface area contributed by atoms with Gasteiger partial charge < -0.3 is 25.5 Å². The van der Waals surface area contributed by atoms with Gasteiger partial charge in [0.2, 0.25) is 0 Å². The van der Waals surface area contributed by atoms with Gasteiger partial charge in [0.05, 0.1) is 22.3 Å². The minimum atomic E-state index is -2.05. The molecule has 10 heteroatoms. The number of rotatable bonds is 7. The molecule has 28 heavy (non-hydrogen) atoms. The van der Waals surface area contributed by atoms with Crippen LogP contribution in [0.3, 0.4) is 0 Å². The van der Waals surface area contributed by atoms with Gasteiger partial charge in [-0.2, -0.15) is 0 Å². The van der Waals surface area contributed by atoms with Crippen molar-refractivity contribution in [3.05, 3.63) is 69.8 Å². The standard InChI is InChI=1S/C18H12O10/c19-13(7-4-2-1-3-5-7)14(20)8-6-9(15(21)22)11(17(25)26)12(18(27)28)10(8)16(23)24/h1-6,13,19H,(H,21,22)(H,23,24)(H,25,26)(H,27,28). The van der Waals surface area contributed by atoms with E-state index in [1.807, 2.05) is 0 Å². The van der Waals surface area contributed by atoms with Crippen LogP contribution in [0.5, 0.6) is 0 Å². The van der Waals surface area contributed by atoms with Crippen molar-refractivity contribution in [3.8, 4) is 0 Å². The Labute approximate surface area is 155 Å². The number of aliphatic hydroxyl groups excluding tert-OH is 1. The van der Waals surface area contributed by atoms with E-state index in [2.05, 4.69) is 0 Å². The molecule has 10 nitrogen and oxygen atoms in total. The highest BCUT2D eigenvalue weighted by molar-refractivity contribution is 6.19. The monoisotopic (exact) mass is 388 g/mol. The number of Topliss-reactive ketones (excluding diaryl/α,β-unsaturated/α-hetero) is 1. The van der Waals surface area contributed by atoms with E-state index in [4.69, 9.17) is 0 Å². The summed E-state index contributed by atoms with van der Waals surface area (Å²) in [6, 6.07) is 7.65. The van der Waals surface area contributed by atoms with Crippen molar-refractivity contribution in [2.75, 3.05) is 0 Å². The molecule has 0 fully saturated rings. The molecule has 0 aliphatic heterocycles. The fraction of sp³-hybridized carbons (Fsp3) is 0.0556. The molecule has 0 aliphatic carbocycles. The zero-order valence-electron chi connectivity index (χ0n) is 13.8. The first-order valence-corrected chi connectivity index (χ1v) is 7.49. The van der Waals surface area contributed by atoms with Gasteiger partial charge in [-0.1, -0.05) is 30.3 Å². The molecule has 0 radical (unpaired) electrons. The van der Waals surface area contributed by atoms with Crippen LogP contribution in [0.15, 0.2) is 36.4 Å². The Bertz CT molecular complexity index is 1010. The highest BCUT2D eigenvalue weighted by atomic mass is 16.4. The molecular formula is C18H12O10. The Kier molecular flexibility index (Phi) is 5.56. The first kappa shape index (κ1) is 20.3. The topological polar surface area (TPSA) is 186 Å². The molecule has 1 atom stereocenters. The molecule has 0 aromatic heterocycles. The van der Waals surface area contributed by atoms with Gasteiger partial charge in [0.15, 0.2) is 5.78 Å². The first-order chi connectivity index (χ1) is 13.1. The Hall–Kier alpha value is -4.05. The molecule has 2 aromatic rings. The van der Waals surface area contributed by atoms with Crippen molar-refractivity contribution in [2.45, 2.75) is 6.10 Å². The van der Waals surface area contributed by atoms with E-state index in [1.165, 1.54) is 24.3 Å². The highest BCUT2D eigenvalue weighted by Gasteiger charge is 2.35. The molecule has 0 amide bonds. The number of carbonyl (C=O) groups excluding carboxylic acids is 1. The molecular weight excluding hydrogens is 376 g/mol. The minimum Gasteiger partial charge on any atom is -0.478 e. The fourth-order valence-corrected chi connectivity index (χ4v) is 2.64. The minimum absolute atomic E-state index is 0.0416. The lowest BCUT2D eigenvalue weighted by Crippen LogP contribution is -2.25. The third-order valence-corrected chi connectivity index (χ3v) is 3.83. The molecule has 0 heterocycles. The largest absolute Gasteiger partial charge is 0.478 e. The number of carbonyl (C=O) groups is 5. The lowest BCUT2D eigenvalue weighted by atomic mass is 9.87. The highest BCUT2D eigenvalue weighted by Crippen LogP contribution is 2.28. The van der Waals surface area contributed by atoms with E-state index in [0.717, 1.165) is 0 Å². The smallest absolute Gasteiger partial charge is 0.337 e. The van der Waals surface area contributed by atoms with Crippen LogP contribution < -0.4 is 0 Å². The molecule has 0 saturated heterocycles. The van der Waals surface area contributed by atoms with Crippen LogP contribution in [-0.2, 0) is 0 Å². The van der Waals surface area contributed by atoms with Crippen LogP contribution in [0.4, 0.5) is 0 Å². The van der Waals surface area contributed by atoms with Crippen LogP contribution in [0, 0.1) is 0 Å². The molecule has 5 N–H and O–H groups in total. The van der Waals surface area contributed by atoms with Gasteiger partial charge in [-0.3, -0.25) is 4.79 Å². The van der Waals surface area contributed by atoms with Crippen molar-refractivity contribution in [3.63, 3.8) is 0 Å². The van der Waals surface area contributed by atoms with Crippen LogP contribution in [0.25, 0.3) is 0 Å². The van der Waals surface area contributed by atoms with Gasteiger partial charge in [0.25, 0.3) is 0 Å². The average molecular weight is 388 g/mol. The van der Waals surface area contributed by atoms with Crippen molar-refractivity contribution in [1.29, 1.82) is 0 Å². The van der Waals surface area contributed by atoms with E-state index in [9.17, 15) is 49.5 Å². The summed E-state index contributed by atoms with van der Waals surface area (Å²) in [6.45, 7) is 0. The number of hydrogen-bond acceptors (Lipinski definition) is 6. The summed E-state index contributed by atoms with van der Waals surface area (Å²) in [6.07, 6.45) is -1.93. The zero-order valence-corrected chi connectivity index (χ0v) is 13.8. The number of aromatic carboxylic acids is 4. The Morgan fingerprint density at radius 1 is 0.643 bits per heavy atom. The number of carboxylic acids is 4. The van der Waals surface area contributed by atoms with E-state index in [0.29, 0.717) is 6.07 Å². The van der Waals surface area contributed by atoms with Gasteiger partial charge >= 0.3 is 23.9 Å². The fourth-order valence-electron chi connectivity index (χ4n) is 2.64. The van der Waals surface area contributed by atoms with Crippen molar-refractivity contribution < 1.29 is 49.5 Å². The summed E-state index contributed by atoms with van der Waals surface area (Å²) < 4.78 is 0. The number of aliphatic hydroxyl groups is 1. The Balaban J connectivity index is 2.89. The number of carboxylic acid groups (broad SMARTS) is 4. The quantitative estimate of drug-likeness (QED) is 0.434. The Morgan fingerprint density at radius 2 is 1.11 bits per heavy atom. The second kappa shape index (κ2) is 7.68. The summed E-state index contributed by atoms with van der Waals surface area (Å²) in [5, 5.41) is 47.4. The van der Waals surface area contributed by atoms with Crippen molar-refractivity contribution >= 4 is 29.7 Å². The number of ketones is 1. The normalized spacial score (nSPS) is 11.5. The molecule has 2 aromatic carbocycles. The summed E-state index contributed by atoms with van der Waals surface area (Å²) in [7, 11) is 0. The SMILES string of the molecule is O=C(O)c1cc(C(=O)C(O)c2ccccc2)c(C(=O)O)c(C(=O)O)c1C(=O)O. The summed E-state index contributed by atoms with van der Waals surface area (Å²) in [4.78, 5) is 58.7. The lowest BCUT2D eigenvalue weighted by Gasteiger charge is -2.16. The molecule has 144 valence electrons. The van der Waals surface area contributed by atoms with Crippen LogP contribution in [0.1, 0.15) is 63.5 Å². The maximum atomic E-state index is 12.7. The summed E-state index contributed by atoms with van der Waals surface area (Å²) in [5.74, 6) is -9.22. The second-order valence-electron chi connectivity index (χ2n) is 5.49. The van der Waals surface area contributed by atoms with Gasteiger partial charge in [-0.05, 0) is 11.6 Å². The summed E-state index contributed by atoms with van der Waals surface area (Å²) >= 11 is 0. The van der Waals surface area contributed by atoms with Gasteiger partial charge in [-0.25, -0.2) is 19.2 Å². The van der Waals surface area contributed by atoms with Gasteiger partial charge in [0, 0.05) is 5.56 Å². The van der Waals surface area contributed by atoms with E-state index in [1.54, 1.807) is 6.07 Å². The van der Waals surface area contributed by atoms with Gasteiger partial charge in [-0.15, -0.1) is 0 Å². The molecule has 2 rings (SSSR count). The lowest BCUT2D eigenvalue weighted by molar-refractivity contribution is 0.0614. The Morgan fingerprint density at radius 3 is 1.54 bits per heavy atom. The van der Waals surface area contributed by atoms with Crippen LogP contribution in [-0.4, -0.2) is 55.2 Å². The number of hydrogen-bond donors (Lipinski definition) is 5. The summed E-state index contributed by atoms with van der Waals surface area (Å²) in [5.41, 5.74) is -5.89. The van der Waals surface area contributed by atoms with Crippen molar-refractivity contribution in [1.82, 2.24) is 0 Å². The maximum absolute atomic E-state index is 12.7. The molecule has 0 spiro atoms. The molecule has 0 bridgehead atoms. The predicted octanol–water partition coefficient (Wildman–Crippen LogP) is 1.40. The molecule has 0 saturated carbocycles. The predicted molar refractivity (Wildman–Crippen MR) is 90.0 cm³/mol.